The first-order valence-electron chi connectivity index (χ1n) is 13.5. The van der Waals surface area contributed by atoms with Gasteiger partial charge in [-0.2, -0.15) is 0 Å². The number of aromatic nitrogens is 2. The molecule has 0 radical (unpaired) electrons. The Hall–Kier alpha value is -4.26. The third-order valence-electron chi connectivity index (χ3n) is 7.45. The highest BCUT2D eigenvalue weighted by Crippen LogP contribution is 2.30. The minimum Gasteiger partial charge on any atom is -0.497 e. The van der Waals surface area contributed by atoms with Crippen molar-refractivity contribution in [3.05, 3.63) is 89.6 Å². The lowest BCUT2D eigenvalue weighted by Crippen LogP contribution is -2.37. The minimum atomic E-state index is -0.800. The van der Waals surface area contributed by atoms with Crippen LogP contribution in [0.2, 0.25) is 0 Å². The summed E-state index contributed by atoms with van der Waals surface area (Å²) in [6.07, 6.45) is 3.88. The summed E-state index contributed by atoms with van der Waals surface area (Å²) >= 11 is 0. The lowest BCUT2D eigenvalue weighted by molar-refractivity contribution is -0.137. The van der Waals surface area contributed by atoms with Crippen molar-refractivity contribution in [2.45, 2.75) is 44.4 Å². The van der Waals surface area contributed by atoms with Crippen LogP contribution in [0.3, 0.4) is 0 Å². The Balaban J connectivity index is 1.38. The molecule has 0 saturated carbocycles. The second-order valence-corrected chi connectivity index (χ2v) is 10.0. The van der Waals surface area contributed by atoms with E-state index >= 15 is 0 Å². The summed E-state index contributed by atoms with van der Waals surface area (Å²) in [6, 6.07) is 23.7. The standard InChI is InChI=1S/C32H33N3O4/c1-39-26-14-11-24(12-15-26)31-28(9-5-6-10-30(36)37)33-29-21-25(13-16-27(29)34-31)32(38)35-19-17-23(18-20-35)22-7-3-2-4-8-22/h2-4,7-8,11-16,21,23H,5-6,9-10,17-20H2,1H3,(H,36,37). The molecule has 1 N–H and O–H groups in total. The molecule has 7 heteroatoms. The van der Waals surface area contributed by atoms with E-state index in [0.29, 0.717) is 36.3 Å². The molecule has 0 atom stereocenters. The van der Waals surface area contributed by atoms with Gasteiger partial charge in [-0.3, -0.25) is 9.59 Å². The molecule has 5 rings (SSSR count). The first-order chi connectivity index (χ1) is 19.0. The number of carboxylic acid groups (broad SMARTS) is 1. The number of ether oxygens (including phenoxy) is 1. The third-order valence-corrected chi connectivity index (χ3v) is 7.45. The summed E-state index contributed by atoms with van der Waals surface area (Å²) < 4.78 is 5.29. The number of carbonyl (C=O) groups is 2. The van der Waals surface area contributed by atoms with Crippen molar-refractivity contribution in [3.63, 3.8) is 0 Å². The van der Waals surface area contributed by atoms with E-state index < -0.39 is 5.97 Å². The number of carbonyl (C=O) groups excluding carboxylic acids is 1. The topological polar surface area (TPSA) is 92.6 Å². The molecular weight excluding hydrogens is 490 g/mol. The van der Waals surface area contributed by atoms with Crippen molar-refractivity contribution in [1.29, 1.82) is 0 Å². The largest absolute Gasteiger partial charge is 0.497 e. The molecule has 0 unspecified atom stereocenters. The average molecular weight is 524 g/mol. The molecule has 1 amide bonds. The molecular formula is C32H33N3O4. The Morgan fingerprint density at radius 1 is 0.923 bits per heavy atom. The van der Waals surface area contributed by atoms with E-state index in [4.69, 9.17) is 19.8 Å². The highest BCUT2D eigenvalue weighted by atomic mass is 16.5. The van der Waals surface area contributed by atoms with E-state index in [1.165, 1.54) is 5.56 Å². The molecule has 1 aliphatic heterocycles. The maximum Gasteiger partial charge on any atom is 0.303 e. The summed E-state index contributed by atoms with van der Waals surface area (Å²) in [6.45, 7) is 1.46. The number of aliphatic carboxylic acids is 1. The Kier molecular flexibility index (Phi) is 8.16. The van der Waals surface area contributed by atoms with Crippen molar-refractivity contribution in [3.8, 4) is 17.0 Å². The van der Waals surface area contributed by atoms with Gasteiger partial charge in [0.05, 0.1) is 29.5 Å². The van der Waals surface area contributed by atoms with Crippen LogP contribution in [0.5, 0.6) is 5.75 Å². The number of methoxy groups -OCH3 is 1. The smallest absolute Gasteiger partial charge is 0.303 e. The minimum absolute atomic E-state index is 0.0208. The molecule has 1 aromatic heterocycles. The predicted octanol–water partition coefficient (Wildman–Crippen LogP) is 6.12. The Bertz CT molecular complexity index is 1450. The molecule has 4 aromatic rings. The average Bonchev–Trinajstić information content (AvgIpc) is 2.98. The molecule has 1 saturated heterocycles. The monoisotopic (exact) mass is 523 g/mol. The van der Waals surface area contributed by atoms with Crippen LogP contribution < -0.4 is 4.74 Å². The quantitative estimate of drug-likeness (QED) is 0.266. The Labute approximate surface area is 228 Å². The van der Waals surface area contributed by atoms with Gasteiger partial charge in [-0.05, 0) is 86.1 Å². The number of amides is 1. The van der Waals surface area contributed by atoms with Crippen molar-refractivity contribution in [2.24, 2.45) is 0 Å². The summed E-state index contributed by atoms with van der Waals surface area (Å²) in [4.78, 5) is 36.2. The molecule has 0 spiro atoms. The van der Waals surface area contributed by atoms with Crippen LogP contribution in [0, 0.1) is 0 Å². The van der Waals surface area contributed by atoms with Crippen molar-refractivity contribution in [2.75, 3.05) is 20.2 Å². The maximum atomic E-state index is 13.4. The van der Waals surface area contributed by atoms with Gasteiger partial charge in [0.15, 0.2) is 0 Å². The third kappa shape index (κ3) is 6.25. The van der Waals surface area contributed by atoms with Gasteiger partial charge < -0.3 is 14.7 Å². The highest BCUT2D eigenvalue weighted by Gasteiger charge is 2.25. The van der Waals surface area contributed by atoms with Crippen molar-refractivity contribution in [1.82, 2.24) is 14.9 Å². The number of rotatable bonds is 9. The first kappa shape index (κ1) is 26.4. The van der Waals surface area contributed by atoms with Crippen LogP contribution in [-0.4, -0.2) is 52.1 Å². The fraction of sp³-hybridized carbons (Fsp3) is 0.312. The zero-order valence-corrected chi connectivity index (χ0v) is 22.2. The van der Waals surface area contributed by atoms with E-state index in [0.717, 1.165) is 54.1 Å². The van der Waals surface area contributed by atoms with E-state index in [9.17, 15) is 9.59 Å². The molecule has 200 valence electrons. The number of hydrogen-bond donors (Lipinski definition) is 1. The van der Waals surface area contributed by atoms with Crippen LogP contribution in [0.4, 0.5) is 0 Å². The zero-order valence-electron chi connectivity index (χ0n) is 22.2. The van der Waals surface area contributed by atoms with Crippen LogP contribution in [0.25, 0.3) is 22.3 Å². The van der Waals surface area contributed by atoms with E-state index in [1.807, 2.05) is 53.4 Å². The number of benzene rings is 3. The predicted molar refractivity (Wildman–Crippen MR) is 151 cm³/mol. The fourth-order valence-corrected chi connectivity index (χ4v) is 5.27. The second-order valence-electron chi connectivity index (χ2n) is 10.0. The first-order valence-corrected chi connectivity index (χ1v) is 13.5. The summed E-state index contributed by atoms with van der Waals surface area (Å²) in [5.74, 6) is 0.461. The Morgan fingerprint density at radius 2 is 1.67 bits per heavy atom. The normalized spacial score (nSPS) is 13.9. The molecule has 3 aromatic carbocycles. The molecule has 0 aliphatic carbocycles. The molecule has 39 heavy (non-hydrogen) atoms. The summed E-state index contributed by atoms with van der Waals surface area (Å²) in [5, 5.41) is 9.02. The number of likely N-dealkylation sites (tertiary alicyclic amines) is 1. The fourth-order valence-electron chi connectivity index (χ4n) is 5.27. The lowest BCUT2D eigenvalue weighted by Gasteiger charge is -2.32. The number of fused-ring (bicyclic) bond motifs is 1. The highest BCUT2D eigenvalue weighted by molar-refractivity contribution is 5.97. The van der Waals surface area contributed by atoms with Gasteiger partial charge in [0.2, 0.25) is 0 Å². The molecule has 7 nitrogen and oxygen atoms in total. The van der Waals surface area contributed by atoms with Crippen LogP contribution in [-0.2, 0) is 11.2 Å². The number of hydrogen-bond acceptors (Lipinski definition) is 5. The molecule has 1 aliphatic rings. The lowest BCUT2D eigenvalue weighted by atomic mass is 9.89. The van der Waals surface area contributed by atoms with Gasteiger partial charge in [0, 0.05) is 30.6 Å². The number of aryl methyl sites for hydroxylation is 1. The van der Waals surface area contributed by atoms with Crippen LogP contribution in [0.1, 0.15) is 59.6 Å². The Morgan fingerprint density at radius 3 is 2.36 bits per heavy atom. The van der Waals surface area contributed by atoms with Gasteiger partial charge in [-0.15, -0.1) is 0 Å². The van der Waals surface area contributed by atoms with Crippen LogP contribution >= 0.6 is 0 Å². The van der Waals surface area contributed by atoms with Gasteiger partial charge in [-0.1, -0.05) is 30.3 Å². The van der Waals surface area contributed by atoms with E-state index in [1.54, 1.807) is 7.11 Å². The second kappa shape index (κ2) is 12.1. The van der Waals surface area contributed by atoms with Gasteiger partial charge >= 0.3 is 5.97 Å². The number of nitrogens with zero attached hydrogens (tertiary/aromatic N) is 3. The van der Waals surface area contributed by atoms with E-state index in [2.05, 4.69) is 24.3 Å². The van der Waals surface area contributed by atoms with Crippen LogP contribution in [0.15, 0.2) is 72.8 Å². The molecule has 2 heterocycles. The van der Waals surface area contributed by atoms with Gasteiger partial charge in [0.1, 0.15) is 5.75 Å². The van der Waals surface area contributed by atoms with Gasteiger partial charge in [-0.25, -0.2) is 9.97 Å². The molecule has 1 fully saturated rings. The number of piperidine rings is 1. The summed E-state index contributed by atoms with van der Waals surface area (Å²) in [7, 11) is 1.63. The van der Waals surface area contributed by atoms with Crippen molar-refractivity contribution < 1.29 is 19.4 Å². The number of carboxylic acids is 1. The maximum absolute atomic E-state index is 13.4. The van der Waals surface area contributed by atoms with E-state index in [-0.39, 0.29) is 12.3 Å². The zero-order chi connectivity index (χ0) is 27.2. The number of unbranched alkanes of at least 4 members (excludes halogenated alkanes) is 1. The summed E-state index contributed by atoms with van der Waals surface area (Å²) in [5.41, 5.74) is 5.83. The SMILES string of the molecule is COc1ccc(-c2nc3ccc(C(=O)N4CCC(c5ccccc5)CC4)cc3nc2CCCCC(=O)O)cc1. The van der Waals surface area contributed by atoms with Gasteiger partial charge in [0.25, 0.3) is 5.91 Å². The van der Waals surface area contributed by atoms with Crippen molar-refractivity contribution >= 4 is 22.9 Å². The molecule has 0 bridgehead atoms.